The van der Waals surface area contributed by atoms with E-state index in [4.69, 9.17) is 0 Å². The summed E-state index contributed by atoms with van der Waals surface area (Å²) in [5.41, 5.74) is 3.64. The minimum Gasteiger partial charge on any atom is -0.278 e. The van der Waals surface area contributed by atoms with Crippen LogP contribution in [0.5, 0.6) is 0 Å². The molecular formula is C17H13N3O2. The first-order valence-corrected chi connectivity index (χ1v) is 6.76. The molecule has 22 heavy (non-hydrogen) atoms. The molecule has 0 aliphatic heterocycles. The van der Waals surface area contributed by atoms with Crippen LogP contribution in [0.3, 0.4) is 0 Å². The van der Waals surface area contributed by atoms with Crippen LogP contribution >= 0.6 is 0 Å². The second kappa shape index (κ2) is 6.05. The lowest BCUT2D eigenvalue weighted by Crippen LogP contribution is -1.87. The fourth-order valence-electron chi connectivity index (χ4n) is 2.07. The summed E-state index contributed by atoms with van der Waals surface area (Å²) in [5, 5.41) is 17.8. The molecule has 0 aliphatic rings. The molecule has 0 saturated heterocycles. The highest BCUT2D eigenvalue weighted by molar-refractivity contribution is 5.71. The van der Waals surface area contributed by atoms with Crippen LogP contribution in [0.1, 0.15) is 11.3 Å². The summed E-state index contributed by atoms with van der Waals surface area (Å²) < 4.78 is 0. The Hall–Kier alpha value is -3.21. The Morgan fingerprint density at radius 2 is 1.73 bits per heavy atom. The van der Waals surface area contributed by atoms with Crippen molar-refractivity contribution < 1.29 is 4.92 Å². The molecule has 2 aromatic carbocycles. The van der Waals surface area contributed by atoms with Gasteiger partial charge in [-0.25, -0.2) is 0 Å². The van der Waals surface area contributed by atoms with Gasteiger partial charge in [-0.3, -0.25) is 15.2 Å². The molecule has 0 spiro atoms. The zero-order valence-electron chi connectivity index (χ0n) is 11.6. The van der Waals surface area contributed by atoms with E-state index in [0.29, 0.717) is 0 Å². The monoisotopic (exact) mass is 291 g/mol. The smallest absolute Gasteiger partial charge is 0.269 e. The van der Waals surface area contributed by atoms with Crippen molar-refractivity contribution in [3.8, 4) is 11.3 Å². The number of nitro benzene ring substituents is 1. The molecule has 5 heteroatoms. The van der Waals surface area contributed by atoms with Gasteiger partial charge in [0.25, 0.3) is 5.69 Å². The fourth-order valence-corrected chi connectivity index (χ4v) is 2.07. The molecule has 0 atom stereocenters. The maximum atomic E-state index is 10.6. The van der Waals surface area contributed by atoms with Gasteiger partial charge in [0.15, 0.2) is 0 Å². The van der Waals surface area contributed by atoms with Crippen molar-refractivity contribution in [2.24, 2.45) is 0 Å². The highest BCUT2D eigenvalue weighted by Crippen LogP contribution is 2.21. The summed E-state index contributed by atoms with van der Waals surface area (Å²) in [5.74, 6) is 0. The summed E-state index contributed by atoms with van der Waals surface area (Å²) in [6, 6.07) is 18.2. The van der Waals surface area contributed by atoms with E-state index in [-0.39, 0.29) is 5.69 Å². The lowest BCUT2D eigenvalue weighted by Gasteiger charge is -1.95. The molecule has 5 nitrogen and oxygen atoms in total. The van der Waals surface area contributed by atoms with Gasteiger partial charge in [-0.15, -0.1) is 0 Å². The van der Waals surface area contributed by atoms with Crippen LogP contribution in [0.4, 0.5) is 5.69 Å². The SMILES string of the molecule is O=[N+]([O-])c1ccc(-c2cc(C=Cc3ccccc3)[nH]n2)cc1. The van der Waals surface area contributed by atoms with Crippen molar-refractivity contribution in [1.29, 1.82) is 0 Å². The van der Waals surface area contributed by atoms with Crippen molar-refractivity contribution in [2.75, 3.05) is 0 Å². The van der Waals surface area contributed by atoms with E-state index >= 15 is 0 Å². The summed E-state index contributed by atoms with van der Waals surface area (Å²) >= 11 is 0. The molecule has 3 aromatic rings. The van der Waals surface area contributed by atoms with Gasteiger partial charge >= 0.3 is 0 Å². The van der Waals surface area contributed by atoms with Crippen molar-refractivity contribution in [3.63, 3.8) is 0 Å². The first-order valence-electron chi connectivity index (χ1n) is 6.76. The Labute approximate surface area is 127 Å². The molecule has 0 unspecified atom stereocenters. The second-order valence-corrected chi connectivity index (χ2v) is 4.76. The molecule has 1 aromatic heterocycles. The molecule has 3 rings (SSSR count). The molecule has 1 heterocycles. The number of non-ortho nitro benzene ring substituents is 1. The number of hydrogen-bond acceptors (Lipinski definition) is 3. The Morgan fingerprint density at radius 1 is 1.00 bits per heavy atom. The van der Waals surface area contributed by atoms with Crippen LogP contribution in [-0.2, 0) is 0 Å². The third-order valence-corrected chi connectivity index (χ3v) is 3.23. The first kappa shape index (κ1) is 13.8. The van der Waals surface area contributed by atoms with Gasteiger partial charge < -0.3 is 0 Å². The van der Waals surface area contributed by atoms with Gasteiger partial charge in [-0.2, -0.15) is 5.10 Å². The van der Waals surface area contributed by atoms with Gasteiger partial charge in [0.2, 0.25) is 0 Å². The van der Waals surface area contributed by atoms with Gasteiger partial charge in [-0.05, 0) is 29.8 Å². The van der Waals surface area contributed by atoms with E-state index in [9.17, 15) is 10.1 Å². The Kier molecular flexibility index (Phi) is 3.78. The van der Waals surface area contributed by atoms with E-state index in [2.05, 4.69) is 10.2 Å². The van der Waals surface area contributed by atoms with Gasteiger partial charge in [-0.1, -0.05) is 36.4 Å². The maximum absolute atomic E-state index is 10.6. The van der Waals surface area contributed by atoms with Crippen LogP contribution in [0.25, 0.3) is 23.4 Å². The molecule has 0 fully saturated rings. The summed E-state index contributed by atoms with van der Waals surface area (Å²) in [4.78, 5) is 10.2. The molecular weight excluding hydrogens is 278 g/mol. The largest absolute Gasteiger partial charge is 0.278 e. The molecule has 1 N–H and O–H groups in total. The number of nitrogens with zero attached hydrogens (tertiary/aromatic N) is 2. The average Bonchev–Trinajstić information content (AvgIpc) is 3.03. The predicted octanol–water partition coefficient (Wildman–Crippen LogP) is 4.16. The van der Waals surface area contributed by atoms with Crippen LogP contribution < -0.4 is 0 Å². The fraction of sp³-hybridized carbons (Fsp3) is 0. The quantitative estimate of drug-likeness (QED) is 0.579. The van der Waals surface area contributed by atoms with E-state index in [1.54, 1.807) is 12.1 Å². The van der Waals surface area contributed by atoms with Crippen molar-refractivity contribution >= 4 is 17.8 Å². The number of aromatic nitrogens is 2. The highest BCUT2D eigenvalue weighted by Gasteiger charge is 2.07. The number of H-pyrrole nitrogens is 1. The number of hydrogen-bond donors (Lipinski definition) is 1. The van der Waals surface area contributed by atoms with Gasteiger partial charge in [0, 0.05) is 17.7 Å². The average molecular weight is 291 g/mol. The first-order chi connectivity index (χ1) is 10.7. The Balaban J connectivity index is 1.79. The third kappa shape index (κ3) is 3.09. The molecule has 0 amide bonds. The minimum atomic E-state index is -0.414. The highest BCUT2D eigenvalue weighted by atomic mass is 16.6. The summed E-state index contributed by atoms with van der Waals surface area (Å²) in [6.45, 7) is 0. The standard InChI is InChI=1S/C17H13N3O2/c21-20(22)16-10-7-14(8-11-16)17-12-15(18-19-17)9-6-13-4-2-1-3-5-13/h1-12H,(H,18,19). The second-order valence-electron chi connectivity index (χ2n) is 4.76. The summed E-state index contributed by atoms with van der Waals surface area (Å²) in [7, 11) is 0. The lowest BCUT2D eigenvalue weighted by atomic mass is 10.1. The van der Waals surface area contributed by atoms with E-state index in [1.807, 2.05) is 48.6 Å². The number of nitrogens with one attached hydrogen (secondary N) is 1. The van der Waals surface area contributed by atoms with E-state index in [0.717, 1.165) is 22.5 Å². The topological polar surface area (TPSA) is 71.8 Å². The molecule has 108 valence electrons. The zero-order chi connectivity index (χ0) is 15.4. The molecule has 0 bridgehead atoms. The van der Waals surface area contributed by atoms with Crippen molar-refractivity contribution in [1.82, 2.24) is 10.2 Å². The van der Waals surface area contributed by atoms with Crippen LogP contribution in [-0.4, -0.2) is 15.1 Å². The molecule has 0 saturated carbocycles. The van der Waals surface area contributed by atoms with Crippen molar-refractivity contribution in [2.45, 2.75) is 0 Å². The summed E-state index contributed by atoms with van der Waals surface area (Å²) in [6.07, 6.45) is 3.93. The minimum absolute atomic E-state index is 0.0727. The number of benzene rings is 2. The van der Waals surface area contributed by atoms with Crippen LogP contribution in [0.15, 0.2) is 60.7 Å². The Bertz CT molecular complexity index is 805. The van der Waals surface area contributed by atoms with Gasteiger partial charge in [0.1, 0.15) is 0 Å². The van der Waals surface area contributed by atoms with Crippen LogP contribution in [0.2, 0.25) is 0 Å². The number of rotatable bonds is 4. The van der Waals surface area contributed by atoms with Crippen LogP contribution in [0, 0.1) is 10.1 Å². The maximum Gasteiger partial charge on any atom is 0.269 e. The Morgan fingerprint density at radius 3 is 2.41 bits per heavy atom. The lowest BCUT2D eigenvalue weighted by molar-refractivity contribution is -0.384. The van der Waals surface area contributed by atoms with Crippen molar-refractivity contribution in [3.05, 3.63) is 82.0 Å². The molecule has 0 aliphatic carbocycles. The van der Waals surface area contributed by atoms with Gasteiger partial charge in [0.05, 0.1) is 16.3 Å². The normalized spacial score (nSPS) is 10.9. The van der Waals surface area contributed by atoms with E-state index in [1.165, 1.54) is 12.1 Å². The predicted molar refractivity (Wildman–Crippen MR) is 86.0 cm³/mol. The number of nitro groups is 1. The zero-order valence-corrected chi connectivity index (χ0v) is 11.6. The molecule has 0 radical (unpaired) electrons. The van der Waals surface area contributed by atoms with E-state index < -0.39 is 4.92 Å². The number of aromatic amines is 1. The third-order valence-electron chi connectivity index (χ3n) is 3.23.